The van der Waals surface area contributed by atoms with Gasteiger partial charge >= 0.3 is 0 Å². The van der Waals surface area contributed by atoms with Crippen molar-refractivity contribution < 1.29 is 17.9 Å². The van der Waals surface area contributed by atoms with Crippen LogP contribution in [0.5, 0.6) is 5.75 Å². The van der Waals surface area contributed by atoms with E-state index in [9.17, 15) is 13.2 Å². The summed E-state index contributed by atoms with van der Waals surface area (Å²) in [7, 11) is -1.56. The molecule has 1 fully saturated rings. The van der Waals surface area contributed by atoms with Crippen LogP contribution in [-0.4, -0.2) is 33.2 Å². The molecule has 1 amide bonds. The number of carbonyl (C=O) groups is 1. The van der Waals surface area contributed by atoms with Crippen molar-refractivity contribution in [3.8, 4) is 5.75 Å². The number of ether oxygens (including phenoxy) is 1. The molecule has 1 saturated carbocycles. The Morgan fingerprint density at radius 3 is 2.39 bits per heavy atom. The summed E-state index contributed by atoms with van der Waals surface area (Å²) in [6.45, 7) is 0. The van der Waals surface area contributed by atoms with Gasteiger partial charge in [-0.3, -0.25) is 4.79 Å². The first-order valence-electron chi connectivity index (χ1n) is 7.82. The molecule has 1 heterocycles. The van der Waals surface area contributed by atoms with Gasteiger partial charge in [-0.25, -0.2) is 8.42 Å². The topological polar surface area (TPSA) is 72.5 Å². The van der Waals surface area contributed by atoms with Gasteiger partial charge in [-0.1, -0.05) is 25.0 Å². The molecule has 0 spiro atoms. The molecule has 1 atom stereocenters. The first-order chi connectivity index (χ1) is 11.0. The van der Waals surface area contributed by atoms with Crippen LogP contribution < -0.4 is 10.1 Å². The Labute approximate surface area is 136 Å². The average Bonchev–Trinajstić information content (AvgIpc) is 3.15. The molecule has 1 aliphatic heterocycles. The summed E-state index contributed by atoms with van der Waals surface area (Å²) in [4.78, 5) is 12.9. The molecular weight excluding hydrogens is 314 g/mol. The van der Waals surface area contributed by atoms with Gasteiger partial charge in [-0.2, -0.15) is 0 Å². The SMILES string of the molecule is COc1ccc(C2(C(=O)N[C@H]3C=CS(=O)(=O)C3)CCCC2)cc1. The second-order valence-corrected chi connectivity index (χ2v) is 8.19. The van der Waals surface area contributed by atoms with E-state index in [1.807, 2.05) is 24.3 Å². The van der Waals surface area contributed by atoms with Gasteiger partial charge in [-0.15, -0.1) is 0 Å². The lowest BCUT2D eigenvalue weighted by Gasteiger charge is -2.29. The van der Waals surface area contributed by atoms with E-state index in [0.29, 0.717) is 0 Å². The molecule has 1 aliphatic carbocycles. The molecule has 5 nitrogen and oxygen atoms in total. The number of rotatable bonds is 4. The molecule has 0 saturated heterocycles. The van der Waals surface area contributed by atoms with Crippen LogP contribution in [0.3, 0.4) is 0 Å². The van der Waals surface area contributed by atoms with Crippen molar-refractivity contribution >= 4 is 15.7 Å². The standard InChI is InChI=1S/C17H21NO4S/c1-22-15-6-4-13(5-7-15)17(9-2-3-10-17)16(19)18-14-8-11-23(20,21)12-14/h4-8,11,14H,2-3,9-10,12H2,1H3,(H,18,19)/t14-/m0/s1. The fourth-order valence-corrected chi connectivity index (χ4v) is 4.74. The predicted molar refractivity (Wildman–Crippen MR) is 88.0 cm³/mol. The van der Waals surface area contributed by atoms with E-state index in [2.05, 4.69) is 5.32 Å². The molecule has 23 heavy (non-hydrogen) atoms. The van der Waals surface area contributed by atoms with E-state index in [-0.39, 0.29) is 11.7 Å². The minimum Gasteiger partial charge on any atom is -0.497 e. The lowest BCUT2D eigenvalue weighted by molar-refractivity contribution is -0.127. The van der Waals surface area contributed by atoms with E-state index >= 15 is 0 Å². The Kier molecular flexibility index (Phi) is 4.19. The normalized spacial score (nSPS) is 24.5. The van der Waals surface area contributed by atoms with Crippen LogP contribution in [0.4, 0.5) is 0 Å². The Balaban J connectivity index is 1.82. The summed E-state index contributed by atoms with van der Waals surface area (Å²) in [5.41, 5.74) is 0.407. The maximum atomic E-state index is 12.9. The zero-order chi connectivity index (χ0) is 16.5. The van der Waals surface area contributed by atoms with Crippen molar-refractivity contribution in [2.24, 2.45) is 0 Å². The maximum absolute atomic E-state index is 12.9. The van der Waals surface area contributed by atoms with Crippen molar-refractivity contribution in [2.75, 3.05) is 12.9 Å². The molecular formula is C17H21NO4S. The molecule has 3 rings (SSSR count). The minimum absolute atomic E-state index is 0.0442. The number of benzene rings is 1. The minimum atomic E-state index is -3.17. The number of sulfone groups is 1. The number of methoxy groups -OCH3 is 1. The molecule has 1 aromatic carbocycles. The Morgan fingerprint density at radius 1 is 1.22 bits per heavy atom. The number of amides is 1. The molecule has 124 valence electrons. The molecule has 1 aromatic rings. The third-order valence-corrected chi connectivity index (χ3v) is 6.18. The second kappa shape index (κ2) is 6.00. The van der Waals surface area contributed by atoms with Crippen molar-refractivity contribution in [3.05, 3.63) is 41.3 Å². The maximum Gasteiger partial charge on any atom is 0.231 e. The highest BCUT2D eigenvalue weighted by molar-refractivity contribution is 7.94. The van der Waals surface area contributed by atoms with Gasteiger partial charge < -0.3 is 10.1 Å². The van der Waals surface area contributed by atoms with Crippen LogP contribution in [0.1, 0.15) is 31.2 Å². The quantitative estimate of drug-likeness (QED) is 0.912. The third kappa shape index (κ3) is 3.13. The molecule has 0 aromatic heterocycles. The highest BCUT2D eigenvalue weighted by Gasteiger charge is 2.43. The average molecular weight is 335 g/mol. The Hall–Kier alpha value is -1.82. The first kappa shape index (κ1) is 16.1. The highest BCUT2D eigenvalue weighted by atomic mass is 32.2. The van der Waals surface area contributed by atoms with Crippen LogP contribution in [-0.2, 0) is 20.0 Å². The van der Waals surface area contributed by atoms with Gasteiger partial charge in [-0.05, 0) is 36.6 Å². The first-order valence-corrected chi connectivity index (χ1v) is 9.53. The summed E-state index contributed by atoms with van der Waals surface area (Å²) in [5, 5.41) is 4.10. The second-order valence-electron chi connectivity index (χ2n) is 6.26. The summed E-state index contributed by atoms with van der Waals surface area (Å²) >= 11 is 0. The van der Waals surface area contributed by atoms with Gasteiger partial charge in [0.2, 0.25) is 5.91 Å². The highest BCUT2D eigenvalue weighted by Crippen LogP contribution is 2.42. The zero-order valence-corrected chi connectivity index (χ0v) is 13.9. The molecule has 0 unspecified atom stereocenters. The molecule has 0 radical (unpaired) electrons. The number of nitrogens with one attached hydrogen (secondary N) is 1. The molecule has 2 aliphatic rings. The van der Waals surface area contributed by atoms with Gasteiger partial charge in [0, 0.05) is 5.41 Å². The van der Waals surface area contributed by atoms with Crippen molar-refractivity contribution in [3.63, 3.8) is 0 Å². The van der Waals surface area contributed by atoms with E-state index in [1.54, 1.807) is 13.2 Å². The number of hydrogen-bond acceptors (Lipinski definition) is 4. The molecule has 1 N–H and O–H groups in total. The van der Waals surface area contributed by atoms with Crippen molar-refractivity contribution in [1.82, 2.24) is 5.32 Å². The zero-order valence-electron chi connectivity index (χ0n) is 13.1. The monoisotopic (exact) mass is 335 g/mol. The van der Waals surface area contributed by atoms with Gasteiger partial charge in [0.25, 0.3) is 0 Å². The smallest absolute Gasteiger partial charge is 0.231 e. The van der Waals surface area contributed by atoms with E-state index < -0.39 is 21.3 Å². The van der Waals surface area contributed by atoms with Gasteiger partial charge in [0.15, 0.2) is 9.84 Å². The lowest BCUT2D eigenvalue weighted by Crippen LogP contribution is -2.47. The van der Waals surface area contributed by atoms with E-state index in [4.69, 9.17) is 4.74 Å². The Morgan fingerprint density at radius 2 is 1.87 bits per heavy atom. The summed E-state index contributed by atoms with van der Waals surface area (Å²) in [6, 6.07) is 7.17. The van der Waals surface area contributed by atoms with Crippen LogP contribution in [0.2, 0.25) is 0 Å². The molecule has 6 heteroatoms. The summed E-state index contributed by atoms with van der Waals surface area (Å²) in [6.07, 6.45) is 5.13. The number of hydrogen-bond donors (Lipinski definition) is 1. The summed E-state index contributed by atoms with van der Waals surface area (Å²) in [5.74, 6) is 0.635. The fraction of sp³-hybridized carbons (Fsp3) is 0.471. The van der Waals surface area contributed by atoms with E-state index in [1.165, 1.54) is 5.41 Å². The van der Waals surface area contributed by atoms with Crippen LogP contribution in [0.25, 0.3) is 0 Å². The van der Waals surface area contributed by atoms with Gasteiger partial charge in [0.05, 0.1) is 24.3 Å². The summed E-state index contributed by atoms with van der Waals surface area (Å²) < 4.78 is 28.2. The molecule has 0 bridgehead atoms. The van der Waals surface area contributed by atoms with Crippen LogP contribution in [0, 0.1) is 0 Å². The predicted octanol–water partition coefficient (Wildman–Crippen LogP) is 1.93. The van der Waals surface area contributed by atoms with Crippen LogP contribution >= 0.6 is 0 Å². The Bertz CT molecular complexity index is 715. The lowest BCUT2D eigenvalue weighted by atomic mass is 9.78. The fourth-order valence-electron chi connectivity index (χ4n) is 3.51. The third-order valence-electron chi connectivity index (χ3n) is 4.78. The van der Waals surface area contributed by atoms with Crippen molar-refractivity contribution in [2.45, 2.75) is 37.1 Å². The van der Waals surface area contributed by atoms with Crippen LogP contribution in [0.15, 0.2) is 35.7 Å². The van der Waals surface area contributed by atoms with Gasteiger partial charge in [0.1, 0.15) is 5.75 Å². The largest absolute Gasteiger partial charge is 0.497 e. The van der Waals surface area contributed by atoms with E-state index in [0.717, 1.165) is 37.0 Å². The van der Waals surface area contributed by atoms with Crippen molar-refractivity contribution in [1.29, 1.82) is 0 Å². The number of carbonyl (C=O) groups excluding carboxylic acids is 1.